The Kier molecular flexibility index (Phi) is 4.51. The zero-order valence-electron chi connectivity index (χ0n) is 15.2. The molecule has 1 heterocycles. The minimum Gasteiger partial charge on any atom is -0.423 e. The van der Waals surface area contributed by atoms with Crippen molar-refractivity contribution >= 4 is 17.4 Å². The molecule has 3 rings (SSSR count). The van der Waals surface area contributed by atoms with Gasteiger partial charge in [-0.25, -0.2) is 4.79 Å². The number of allylic oxidation sites excluding steroid dienone is 7. The summed E-state index contributed by atoms with van der Waals surface area (Å²) in [4.78, 5) is 25.6. The van der Waals surface area contributed by atoms with E-state index < -0.39 is 5.97 Å². The summed E-state index contributed by atoms with van der Waals surface area (Å²) >= 11 is 0. The Morgan fingerprint density at radius 3 is 2.62 bits per heavy atom. The molecule has 1 aliphatic heterocycles. The van der Waals surface area contributed by atoms with Crippen LogP contribution < -0.4 is 4.90 Å². The largest absolute Gasteiger partial charge is 0.423 e. The van der Waals surface area contributed by atoms with E-state index >= 15 is 0 Å². The van der Waals surface area contributed by atoms with Crippen LogP contribution in [0.5, 0.6) is 0 Å². The van der Waals surface area contributed by atoms with Crippen molar-refractivity contribution in [2.75, 3.05) is 11.9 Å². The van der Waals surface area contributed by atoms with E-state index in [9.17, 15) is 9.59 Å². The quantitative estimate of drug-likeness (QED) is 0.613. The SMILES string of the molecule is C=CC(=O)OC1=C/C(=C/C=C2\N(C)c3ccccc3C2(C)C)C(=O)C=C1. The summed E-state index contributed by atoms with van der Waals surface area (Å²) < 4.78 is 5.10. The third kappa shape index (κ3) is 3.06. The van der Waals surface area contributed by atoms with Gasteiger partial charge < -0.3 is 9.64 Å². The summed E-state index contributed by atoms with van der Waals surface area (Å²) in [5, 5.41) is 0. The highest BCUT2D eigenvalue weighted by atomic mass is 16.5. The second kappa shape index (κ2) is 6.64. The van der Waals surface area contributed by atoms with Crippen LogP contribution in [0.4, 0.5) is 5.69 Å². The Morgan fingerprint density at radius 1 is 1.19 bits per heavy atom. The lowest BCUT2D eigenvalue weighted by Gasteiger charge is -2.23. The number of anilines is 1. The highest BCUT2D eigenvalue weighted by molar-refractivity contribution is 6.08. The third-order valence-corrected chi connectivity index (χ3v) is 4.73. The van der Waals surface area contributed by atoms with Gasteiger partial charge in [-0.1, -0.05) is 38.6 Å². The summed E-state index contributed by atoms with van der Waals surface area (Å²) in [6.45, 7) is 7.69. The van der Waals surface area contributed by atoms with Crippen LogP contribution in [-0.4, -0.2) is 18.8 Å². The molecule has 4 nitrogen and oxygen atoms in total. The van der Waals surface area contributed by atoms with E-state index in [0.29, 0.717) is 11.3 Å². The summed E-state index contributed by atoms with van der Waals surface area (Å²) in [6.07, 6.45) is 9.26. The molecule has 0 fully saturated rings. The number of para-hydroxylation sites is 1. The highest BCUT2D eigenvalue weighted by Gasteiger charge is 2.37. The molecular weight excluding hydrogens is 326 g/mol. The summed E-state index contributed by atoms with van der Waals surface area (Å²) in [5.41, 5.74) is 3.79. The Balaban J connectivity index is 1.95. The van der Waals surface area contributed by atoms with Crippen LogP contribution in [0.1, 0.15) is 19.4 Å². The number of ketones is 1. The number of benzene rings is 1. The van der Waals surface area contributed by atoms with Gasteiger partial charge in [-0.15, -0.1) is 0 Å². The number of carbonyl (C=O) groups excluding carboxylic acids is 2. The molecule has 0 spiro atoms. The predicted octanol–water partition coefficient (Wildman–Crippen LogP) is 3.98. The number of ether oxygens (including phenoxy) is 1. The maximum Gasteiger partial charge on any atom is 0.335 e. The van der Waals surface area contributed by atoms with E-state index in [0.717, 1.165) is 17.5 Å². The van der Waals surface area contributed by atoms with Crippen molar-refractivity contribution < 1.29 is 14.3 Å². The second-order valence-electron chi connectivity index (χ2n) is 6.74. The summed E-state index contributed by atoms with van der Waals surface area (Å²) in [6, 6.07) is 8.27. The van der Waals surface area contributed by atoms with E-state index in [4.69, 9.17) is 4.74 Å². The smallest absolute Gasteiger partial charge is 0.335 e. The van der Waals surface area contributed by atoms with Crippen molar-refractivity contribution in [3.63, 3.8) is 0 Å². The lowest BCUT2D eigenvalue weighted by Crippen LogP contribution is -2.22. The zero-order chi connectivity index (χ0) is 18.9. The maximum absolute atomic E-state index is 12.2. The van der Waals surface area contributed by atoms with Gasteiger partial charge in [0.1, 0.15) is 5.76 Å². The zero-order valence-corrected chi connectivity index (χ0v) is 15.2. The molecule has 0 amide bonds. The van der Waals surface area contributed by atoms with Gasteiger partial charge in [-0.3, -0.25) is 4.79 Å². The van der Waals surface area contributed by atoms with Gasteiger partial charge >= 0.3 is 5.97 Å². The van der Waals surface area contributed by atoms with Crippen LogP contribution in [0.25, 0.3) is 0 Å². The molecule has 0 bridgehead atoms. The molecule has 2 aliphatic rings. The molecule has 26 heavy (non-hydrogen) atoms. The first-order chi connectivity index (χ1) is 12.3. The van der Waals surface area contributed by atoms with Gasteiger partial charge in [0.2, 0.25) is 0 Å². The molecule has 1 aromatic rings. The monoisotopic (exact) mass is 347 g/mol. The first-order valence-corrected chi connectivity index (χ1v) is 8.38. The molecule has 0 N–H and O–H groups in total. The van der Waals surface area contributed by atoms with E-state index in [-0.39, 0.29) is 11.2 Å². The average molecular weight is 347 g/mol. The lowest BCUT2D eigenvalue weighted by molar-refractivity contribution is -0.133. The molecule has 0 saturated carbocycles. The Bertz CT molecular complexity index is 913. The van der Waals surface area contributed by atoms with E-state index in [1.54, 1.807) is 12.2 Å². The van der Waals surface area contributed by atoms with Crippen molar-refractivity contribution in [1.29, 1.82) is 0 Å². The molecule has 0 atom stereocenters. The third-order valence-electron chi connectivity index (χ3n) is 4.73. The number of esters is 1. The molecule has 0 unspecified atom stereocenters. The van der Waals surface area contributed by atoms with E-state index in [1.165, 1.54) is 17.7 Å². The van der Waals surface area contributed by atoms with Gasteiger partial charge in [-0.2, -0.15) is 0 Å². The summed E-state index contributed by atoms with van der Waals surface area (Å²) in [7, 11) is 2.02. The van der Waals surface area contributed by atoms with Crippen molar-refractivity contribution in [3.8, 4) is 0 Å². The number of carbonyl (C=O) groups is 2. The number of nitrogens with zero attached hydrogens (tertiary/aromatic N) is 1. The number of fused-ring (bicyclic) bond motifs is 1. The van der Waals surface area contributed by atoms with Gasteiger partial charge in [0.05, 0.1) is 0 Å². The molecule has 0 saturated heterocycles. The fourth-order valence-corrected chi connectivity index (χ4v) is 3.35. The highest BCUT2D eigenvalue weighted by Crippen LogP contribution is 2.46. The Labute approximate surface area is 153 Å². The number of hydrogen-bond donors (Lipinski definition) is 0. The van der Waals surface area contributed by atoms with Crippen LogP contribution in [0.3, 0.4) is 0 Å². The first kappa shape index (κ1) is 17.7. The van der Waals surface area contributed by atoms with Crippen LogP contribution in [0.2, 0.25) is 0 Å². The fraction of sp³-hybridized carbons (Fsp3) is 0.182. The standard InChI is InChI=1S/C22H21NO3/c1-5-21(25)26-16-11-12-19(24)15(14-16)10-13-20-22(2,3)17-8-6-7-9-18(17)23(20)4/h5-14H,1H2,2-4H3/b15-10-,20-13-. The van der Waals surface area contributed by atoms with E-state index in [1.807, 2.05) is 25.3 Å². The first-order valence-electron chi connectivity index (χ1n) is 8.38. The van der Waals surface area contributed by atoms with Crippen LogP contribution in [0, 0.1) is 0 Å². The number of likely N-dealkylation sites (N-methyl/N-ethyl adjacent to an activating group) is 1. The Morgan fingerprint density at radius 2 is 1.92 bits per heavy atom. The molecule has 1 aliphatic carbocycles. The van der Waals surface area contributed by atoms with Crippen LogP contribution in [-0.2, 0) is 19.7 Å². The maximum atomic E-state index is 12.2. The minimum absolute atomic E-state index is 0.128. The summed E-state index contributed by atoms with van der Waals surface area (Å²) in [5.74, 6) is -0.363. The fourth-order valence-electron chi connectivity index (χ4n) is 3.35. The van der Waals surface area contributed by atoms with E-state index in [2.05, 4.69) is 37.5 Å². The molecule has 1 aromatic carbocycles. The van der Waals surface area contributed by atoms with Gasteiger partial charge in [0.25, 0.3) is 0 Å². The number of rotatable bonds is 3. The predicted molar refractivity (Wildman–Crippen MR) is 103 cm³/mol. The average Bonchev–Trinajstić information content (AvgIpc) is 2.82. The lowest BCUT2D eigenvalue weighted by atomic mass is 9.83. The normalized spacial score (nSPS) is 21.0. The number of hydrogen-bond acceptors (Lipinski definition) is 4. The topological polar surface area (TPSA) is 46.6 Å². The van der Waals surface area contributed by atoms with Crippen LogP contribution in [0.15, 0.2) is 84.3 Å². The van der Waals surface area contributed by atoms with Crippen molar-refractivity contribution in [3.05, 3.63) is 89.9 Å². The van der Waals surface area contributed by atoms with Crippen molar-refractivity contribution in [2.24, 2.45) is 0 Å². The van der Waals surface area contributed by atoms with Gasteiger partial charge in [-0.05, 0) is 42.0 Å². The Hall–Kier alpha value is -3.14. The molecule has 132 valence electrons. The van der Waals surface area contributed by atoms with Crippen LogP contribution >= 0.6 is 0 Å². The van der Waals surface area contributed by atoms with Gasteiger partial charge in [0, 0.05) is 35.5 Å². The molecular formula is C22H21NO3. The molecule has 0 aromatic heterocycles. The second-order valence-corrected chi connectivity index (χ2v) is 6.74. The van der Waals surface area contributed by atoms with Crippen molar-refractivity contribution in [2.45, 2.75) is 19.3 Å². The molecule has 0 radical (unpaired) electrons. The van der Waals surface area contributed by atoms with Crippen molar-refractivity contribution in [1.82, 2.24) is 0 Å². The van der Waals surface area contributed by atoms with Gasteiger partial charge in [0.15, 0.2) is 5.78 Å². The molecule has 4 heteroatoms. The minimum atomic E-state index is -0.555.